The summed E-state index contributed by atoms with van der Waals surface area (Å²) in [6.45, 7) is 10.6. The molecule has 1 heterocycles. The topological polar surface area (TPSA) is 203 Å². The predicted molar refractivity (Wildman–Crippen MR) is 189 cm³/mol. The van der Waals surface area contributed by atoms with Gasteiger partial charge in [-0.25, -0.2) is 0 Å². The number of rotatable bonds is 15. The minimum Gasteiger partial charge on any atom is -0.460 e. The predicted octanol–water partition coefficient (Wildman–Crippen LogP) is 2.09. The van der Waals surface area contributed by atoms with E-state index in [0.29, 0.717) is 19.3 Å². The Morgan fingerprint density at radius 2 is 1.36 bits per heavy atom. The second kappa shape index (κ2) is 22.5. The van der Waals surface area contributed by atoms with Crippen molar-refractivity contribution in [2.75, 3.05) is 20.2 Å². The number of cyclic esters (lactones) is 1. The van der Waals surface area contributed by atoms with Gasteiger partial charge in [-0.05, 0) is 45.4 Å². The number of hydrogen-bond donors (Lipinski definition) is 6. The van der Waals surface area contributed by atoms with Crippen LogP contribution in [0.3, 0.4) is 0 Å². The zero-order chi connectivity index (χ0) is 38.0. The molecule has 50 heavy (non-hydrogen) atoms. The SMILES string of the molecule is CCCCCCCCCC[C@H]1OC(=O)CNC(=O)[C@H](C(C)(C)O)NC(=O)[C@H](CO)NC(=O)[C@H](CCC)NC(=O)[C@H](CC(C)C)N(C)C(=O)[C@@H]1C. The number of aliphatic hydroxyl groups is 2. The first-order valence-electron chi connectivity index (χ1n) is 18.5. The maximum absolute atomic E-state index is 14.0. The summed E-state index contributed by atoms with van der Waals surface area (Å²) in [4.78, 5) is 81.9. The minimum absolute atomic E-state index is 0.00267. The van der Waals surface area contributed by atoms with Crippen LogP contribution in [0.25, 0.3) is 0 Å². The smallest absolute Gasteiger partial charge is 0.325 e. The second-order valence-corrected chi connectivity index (χ2v) is 14.6. The molecule has 0 aliphatic carbocycles. The fourth-order valence-electron chi connectivity index (χ4n) is 5.98. The number of carbonyl (C=O) groups excluding carboxylic acids is 6. The molecule has 0 saturated carbocycles. The van der Waals surface area contributed by atoms with Crippen molar-refractivity contribution in [1.29, 1.82) is 0 Å². The van der Waals surface area contributed by atoms with E-state index in [0.717, 1.165) is 25.7 Å². The molecule has 0 aromatic carbocycles. The largest absolute Gasteiger partial charge is 0.460 e. The molecule has 1 saturated heterocycles. The summed E-state index contributed by atoms with van der Waals surface area (Å²) in [5, 5.41) is 30.6. The van der Waals surface area contributed by atoms with E-state index in [9.17, 15) is 39.0 Å². The first-order valence-corrected chi connectivity index (χ1v) is 18.5. The molecule has 0 aromatic rings. The Bertz CT molecular complexity index is 1110. The maximum atomic E-state index is 14.0. The Morgan fingerprint density at radius 3 is 1.90 bits per heavy atom. The molecule has 1 fully saturated rings. The summed E-state index contributed by atoms with van der Waals surface area (Å²) in [7, 11) is 1.52. The highest BCUT2D eigenvalue weighted by atomic mass is 16.5. The van der Waals surface area contributed by atoms with Crippen molar-refractivity contribution in [1.82, 2.24) is 26.2 Å². The molecule has 5 amide bonds. The van der Waals surface area contributed by atoms with Gasteiger partial charge in [0.15, 0.2) is 0 Å². The Labute approximate surface area is 298 Å². The zero-order valence-corrected chi connectivity index (χ0v) is 31.6. The van der Waals surface area contributed by atoms with Gasteiger partial charge in [-0.2, -0.15) is 0 Å². The van der Waals surface area contributed by atoms with Gasteiger partial charge in [-0.15, -0.1) is 0 Å². The number of nitrogens with zero attached hydrogens (tertiary/aromatic N) is 1. The summed E-state index contributed by atoms with van der Waals surface area (Å²) < 4.78 is 5.80. The van der Waals surface area contributed by atoms with E-state index in [1.165, 1.54) is 45.1 Å². The van der Waals surface area contributed by atoms with Crippen LogP contribution in [-0.2, 0) is 33.5 Å². The van der Waals surface area contributed by atoms with Crippen molar-refractivity contribution < 1.29 is 43.7 Å². The van der Waals surface area contributed by atoms with Gasteiger partial charge in [0.05, 0.1) is 18.1 Å². The van der Waals surface area contributed by atoms with Gasteiger partial charge in [0.25, 0.3) is 0 Å². The Kier molecular flexibility index (Phi) is 20.2. The van der Waals surface area contributed by atoms with E-state index in [1.54, 1.807) is 6.92 Å². The lowest BCUT2D eigenvalue weighted by Gasteiger charge is -2.34. The van der Waals surface area contributed by atoms with Crippen LogP contribution in [-0.4, -0.2) is 107 Å². The van der Waals surface area contributed by atoms with Gasteiger partial charge in [0.1, 0.15) is 36.8 Å². The van der Waals surface area contributed by atoms with E-state index in [4.69, 9.17) is 4.74 Å². The molecule has 0 spiro atoms. The fourth-order valence-corrected chi connectivity index (χ4v) is 5.98. The quantitative estimate of drug-likeness (QED) is 0.109. The van der Waals surface area contributed by atoms with E-state index in [2.05, 4.69) is 28.2 Å². The van der Waals surface area contributed by atoms with Gasteiger partial charge >= 0.3 is 5.97 Å². The Morgan fingerprint density at radius 1 is 0.800 bits per heavy atom. The normalized spacial score (nSPS) is 25.5. The molecule has 6 N–H and O–H groups in total. The van der Waals surface area contributed by atoms with Crippen LogP contribution >= 0.6 is 0 Å². The van der Waals surface area contributed by atoms with Crippen LogP contribution in [0.15, 0.2) is 0 Å². The molecule has 1 rings (SSSR count). The number of aliphatic hydroxyl groups excluding tert-OH is 1. The van der Waals surface area contributed by atoms with Crippen molar-refractivity contribution in [2.24, 2.45) is 11.8 Å². The lowest BCUT2D eigenvalue weighted by molar-refractivity contribution is -0.158. The highest BCUT2D eigenvalue weighted by molar-refractivity contribution is 5.96. The van der Waals surface area contributed by atoms with E-state index in [1.807, 2.05) is 20.8 Å². The van der Waals surface area contributed by atoms with Gasteiger partial charge < -0.3 is 41.1 Å². The molecular formula is C36H65N5O9. The molecule has 0 aromatic heterocycles. The van der Waals surface area contributed by atoms with E-state index in [-0.39, 0.29) is 18.8 Å². The van der Waals surface area contributed by atoms with Crippen LogP contribution in [0.4, 0.5) is 0 Å². The minimum atomic E-state index is -1.82. The summed E-state index contributed by atoms with van der Waals surface area (Å²) in [5.74, 6) is -5.25. The molecule has 0 bridgehead atoms. The lowest BCUT2D eigenvalue weighted by Crippen LogP contribution is -2.63. The highest BCUT2D eigenvalue weighted by Gasteiger charge is 2.39. The van der Waals surface area contributed by atoms with Crippen LogP contribution < -0.4 is 21.3 Å². The van der Waals surface area contributed by atoms with Gasteiger partial charge in [-0.3, -0.25) is 28.8 Å². The molecular weight excluding hydrogens is 646 g/mol. The number of nitrogens with one attached hydrogen (secondary N) is 4. The molecule has 14 nitrogen and oxygen atoms in total. The maximum Gasteiger partial charge on any atom is 0.325 e. The molecule has 14 heteroatoms. The highest BCUT2D eigenvalue weighted by Crippen LogP contribution is 2.22. The summed E-state index contributed by atoms with van der Waals surface area (Å²) in [5.41, 5.74) is -1.82. The number of amides is 5. The number of likely N-dealkylation sites (N-methyl/N-ethyl adjacent to an activating group) is 1. The summed E-state index contributed by atoms with van der Waals surface area (Å²) in [6, 6.07) is -5.17. The third-order valence-corrected chi connectivity index (χ3v) is 9.07. The van der Waals surface area contributed by atoms with Gasteiger partial charge in [0, 0.05) is 7.05 Å². The molecule has 1 aliphatic rings. The number of esters is 1. The zero-order valence-electron chi connectivity index (χ0n) is 31.6. The van der Waals surface area contributed by atoms with Crippen molar-refractivity contribution in [2.45, 2.75) is 161 Å². The monoisotopic (exact) mass is 711 g/mol. The number of unbranched alkanes of at least 4 members (excludes halogenated alkanes) is 7. The lowest BCUT2D eigenvalue weighted by atomic mass is 9.94. The number of ether oxygens (including phenoxy) is 1. The first kappa shape index (κ1) is 44.8. The molecule has 1 aliphatic heterocycles. The van der Waals surface area contributed by atoms with Crippen LogP contribution in [0.5, 0.6) is 0 Å². The van der Waals surface area contributed by atoms with Crippen LogP contribution in [0, 0.1) is 11.8 Å². The Balaban J connectivity index is 3.49. The van der Waals surface area contributed by atoms with E-state index >= 15 is 0 Å². The Hall–Kier alpha value is -3.26. The third kappa shape index (κ3) is 15.3. The average molecular weight is 712 g/mol. The first-order chi connectivity index (χ1) is 23.5. The summed E-state index contributed by atoms with van der Waals surface area (Å²) in [6.07, 6.45) is 8.90. The fraction of sp³-hybridized carbons (Fsp3) is 0.833. The van der Waals surface area contributed by atoms with Crippen LogP contribution in [0.2, 0.25) is 0 Å². The third-order valence-electron chi connectivity index (χ3n) is 9.07. The average Bonchev–Trinajstić information content (AvgIpc) is 3.05. The van der Waals surface area contributed by atoms with Crippen molar-refractivity contribution in [3.8, 4) is 0 Å². The van der Waals surface area contributed by atoms with Crippen molar-refractivity contribution in [3.63, 3.8) is 0 Å². The molecule has 288 valence electrons. The van der Waals surface area contributed by atoms with Crippen molar-refractivity contribution >= 4 is 35.5 Å². The number of carbonyl (C=O) groups is 6. The van der Waals surface area contributed by atoms with Gasteiger partial charge in [0.2, 0.25) is 29.5 Å². The standard InChI is InChI=1S/C36H65N5O9/c1-9-11-12-13-14-15-16-17-19-28-24(5)35(48)41(8)27(20-23(3)4)33(46)38-25(18-10-2)31(44)39-26(22-42)32(45)40-30(36(6,7)49)34(47)37-21-29(43)50-28/h23-28,30,42,49H,9-22H2,1-8H3,(H,37,47)(H,38,46)(H,39,44)(H,40,45)/t24-,25+,26+,27+,28-,30-/m1/s1. The van der Waals surface area contributed by atoms with Crippen molar-refractivity contribution in [3.05, 3.63) is 0 Å². The van der Waals surface area contributed by atoms with E-state index < -0.39 is 90.4 Å². The summed E-state index contributed by atoms with van der Waals surface area (Å²) >= 11 is 0. The second-order valence-electron chi connectivity index (χ2n) is 14.6. The van der Waals surface area contributed by atoms with Gasteiger partial charge in [-0.1, -0.05) is 86.0 Å². The molecule has 0 unspecified atom stereocenters. The molecule has 6 atom stereocenters. The molecule has 0 radical (unpaired) electrons. The number of hydrogen-bond acceptors (Lipinski definition) is 9. The van der Waals surface area contributed by atoms with Crippen LogP contribution in [0.1, 0.15) is 126 Å².